The molecule has 0 saturated heterocycles. The Balaban J connectivity index is 1.08. The minimum atomic E-state index is -0.708. The molecule has 308 valence electrons. The molecule has 0 heterocycles. The smallest absolute Gasteiger partial charge is 0.343 e. The largest absolute Gasteiger partial charge is 0.494 e. The lowest BCUT2D eigenvalue weighted by Gasteiger charge is -2.10. The summed E-state index contributed by atoms with van der Waals surface area (Å²) in [6.45, 7) is 7.37. The monoisotopic (exact) mass is 800 g/mol. The summed E-state index contributed by atoms with van der Waals surface area (Å²) >= 11 is 0. The van der Waals surface area contributed by atoms with Crippen molar-refractivity contribution in [2.45, 2.75) is 85.0 Å². The number of rotatable bonds is 22. The van der Waals surface area contributed by atoms with Crippen molar-refractivity contribution in [1.29, 1.82) is 0 Å². The molecule has 0 unspecified atom stereocenters. The van der Waals surface area contributed by atoms with E-state index in [2.05, 4.69) is 13.8 Å². The maximum Gasteiger partial charge on any atom is 0.343 e. The van der Waals surface area contributed by atoms with Crippen molar-refractivity contribution < 1.29 is 47.6 Å². The number of hydrogen-bond donors (Lipinski definition) is 0. The van der Waals surface area contributed by atoms with Crippen molar-refractivity contribution in [2.75, 3.05) is 13.2 Å². The SMILES string of the molecule is CCCCCCCOc1ccc(OC(=O)c2ccc(OC(=O)c3ccc(C)c(C(=O)Oc4ccc(C(=O)Oc5ccc(OCCCCCCC)cc5)cc4)c3)cc2)cc1. The van der Waals surface area contributed by atoms with Crippen LogP contribution >= 0.6 is 0 Å². The molecule has 0 aromatic heterocycles. The Bertz CT molecular complexity index is 2110. The summed E-state index contributed by atoms with van der Waals surface area (Å²) < 4.78 is 33.6. The van der Waals surface area contributed by atoms with E-state index in [1.807, 2.05) is 0 Å². The number of esters is 4. The summed E-state index contributed by atoms with van der Waals surface area (Å²) in [6, 6.07) is 30.2. The van der Waals surface area contributed by atoms with E-state index >= 15 is 0 Å². The lowest BCUT2D eigenvalue weighted by atomic mass is 10.1. The van der Waals surface area contributed by atoms with Gasteiger partial charge in [-0.15, -0.1) is 0 Å². The van der Waals surface area contributed by atoms with Crippen molar-refractivity contribution in [1.82, 2.24) is 0 Å². The molecular formula is C49H52O10. The molecule has 5 aromatic rings. The molecule has 10 nitrogen and oxygen atoms in total. The molecule has 0 radical (unpaired) electrons. The van der Waals surface area contributed by atoms with E-state index in [-0.39, 0.29) is 33.8 Å². The summed E-state index contributed by atoms with van der Waals surface area (Å²) in [5, 5.41) is 0. The van der Waals surface area contributed by atoms with Crippen LogP contribution in [0.2, 0.25) is 0 Å². The van der Waals surface area contributed by atoms with Crippen LogP contribution in [0.5, 0.6) is 34.5 Å². The Morgan fingerprint density at radius 1 is 0.373 bits per heavy atom. The molecule has 0 spiro atoms. The Labute approximate surface area is 346 Å². The molecule has 59 heavy (non-hydrogen) atoms. The first-order valence-electron chi connectivity index (χ1n) is 20.4. The highest BCUT2D eigenvalue weighted by Gasteiger charge is 2.18. The van der Waals surface area contributed by atoms with Crippen LogP contribution in [0.15, 0.2) is 115 Å². The van der Waals surface area contributed by atoms with Crippen LogP contribution in [0, 0.1) is 6.92 Å². The van der Waals surface area contributed by atoms with Crippen LogP contribution in [-0.4, -0.2) is 37.1 Å². The number of ether oxygens (including phenoxy) is 6. The molecule has 0 N–H and O–H groups in total. The number of benzene rings is 5. The Morgan fingerprint density at radius 2 is 0.695 bits per heavy atom. The first-order valence-corrected chi connectivity index (χ1v) is 20.4. The van der Waals surface area contributed by atoms with E-state index in [0.717, 1.165) is 25.7 Å². The first-order chi connectivity index (χ1) is 28.7. The van der Waals surface area contributed by atoms with Gasteiger partial charge in [-0.05, 0) is 135 Å². The number of aryl methyl sites for hydroxylation is 1. The summed E-state index contributed by atoms with van der Waals surface area (Å²) in [5.41, 5.74) is 1.39. The van der Waals surface area contributed by atoms with Gasteiger partial charge in [0, 0.05) is 0 Å². The highest BCUT2D eigenvalue weighted by molar-refractivity contribution is 5.98. The fraction of sp³-hybridized carbons (Fsp3) is 0.306. The van der Waals surface area contributed by atoms with Gasteiger partial charge < -0.3 is 28.4 Å². The Morgan fingerprint density at radius 3 is 1.10 bits per heavy atom. The lowest BCUT2D eigenvalue weighted by Crippen LogP contribution is -2.14. The Kier molecular flexibility index (Phi) is 17.1. The third kappa shape index (κ3) is 14.2. The highest BCUT2D eigenvalue weighted by atomic mass is 16.5. The molecule has 5 aromatic carbocycles. The van der Waals surface area contributed by atoms with Crippen molar-refractivity contribution in [3.8, 4) is 34.5 Å². The van der Waals surface area contributed by atoms with Gasteiger partial charge in [0.15, 0.2) is 0 Å². The molecular weight excluding hydrogens is 749 g/mol. The van der Waals surface area contributed by atoms with Gasteiger partial charge in [-0.25, -0.2) is 19.2 Å². The quantitative estimate of drug-likeness (QED) is 0.0379. The Hall–Kier alpha value is -6.42. The van der Waals surface area contributed by atoms with Crippen LogP contribution in [0.1, 0.15) is 125 Å². The number of carbonyl (C=O) groups is 4. The van der Waals surface area contributed by atoms with Crippen molar-refractivity contribution >= 4 is 23.9 Å². The van der Waals surface area contributed by atoms with Gasteiger partial charge in [0.05, 0.1) is 35.5 Å². The molecule has 5 rings (SSSR count). The molecule has 0 saturated carbocycles. The zero-order chi connectivity index (χ0) is 41.8. The van der Waals surface area contributed by atoms with E-state index in [4.69, 9.17) is 28.4 Å². The zero-order valence-electron chi connectivity index (χ0n) is 34.0. The molecule has 10 heteroatoms. The molecule has 0 amide bonds. The van der Waals surface area contributed by atoms with E-state index in [1.54, 1.807) is 67.6 Å². The van der Waals surface area contributed by atoms with Crippen molar-refractivity contribution in [3.63, 3.8) is 0 Å². The van der Waals surface area contributed by atoms with Crippen LogP contribution < -0.4 is 28.4 Å². The van der Waals surface area contributed by atoms with E-state index < -0.39 is 23.9 Å². The predicted molar refractivity (Wildman–Crippen MR) is 225 cm³/mol. The van der Waals surface area contributed by atoms with Gasteiger partial charge in [-0.2, -0.15) is 0 Å². The normalized spacial score (nSPS) is 10.7. The average molecular weight is 801 g/mol. The third-order valence-corrected chi connectivity index (χ3v) is 9.40. The summed E-state index contributed by atoms with van der Waals surface area (Å²) in [4.78, 5) is 51.8. The van der Waals surface area contributed by atoms with Crippen LogP contribution in [-0.2, 0) is 0 Å². The fourth-order valence-electron chi connectivity index (χ4n) is 5.95. The predicted octanol–water partition coefficient (Wildman–Crippen LogP) is 11.6. The topological polar surface area (TPSA) is 124 Å². The summed E-state index contributed by atoms with van der Waals surface area (Å²) in [7, 11) is 0. The zero-order valence-corrected chi connectivity index (χ0v) is 34.0. The van der Waals surface area contributed by atoms with Crippen molar-refractivity contribution in [2.24, 2.45) is 0 Å². The van der Waals surface area contributed by atoms with Gasteiger partial charge in [-0.1, -0.05) is 71.3 Å². The number of unbranched alkanes of at least 4 members (excludes halogenated alkanes) is 8. The number of hydrogen-bond acceptors (Lipinski definition) is 10. The average Bonchev–Trinajstić information content (AvgIpc) is 3.25. The summed E-state index contributed by atoms with van der Waals surface area (Å²) in [6.07, 6.45) is 11.6. The second kappa shape index (κ2) is 23.1. The molecule has 0 fully saturated rings. The second-order valence-electron chi connectivity index (χ2n) is 14.1. The summed E-state index contributed by atoms with van der Waals surface area (Å²) in [5.74, 6) is 0.0173. The van der Waals surface area contributed by atoms with E-state index in [0.29, 0.717) is 41.8 Å². The minimum Gasteiger partial charge on any atom is -0.494 e. The van der Waals surface area contributed by atoms with Gasteiger partial charge in [-0.3, -0.25) is 0 Å². The number of carbonyl (C=O) groups excluding carboxylic acids is 4. The van der Waals surface area contributed by atoms with E-state index in [9.17, 15) is 19.2 Å². The molecule has 0 aliphatic carbocycles. The van der Waals surface area contributed by atoms with E-state index in [1.165, 1.54) is 93.1 Å². The molecule has 0 bridgehead atoms. The van der Waals surface area contributed by atoms with Gasteiger partial charge in [0.25, 0.3) is 0 Å². The molecule has 0 atom stereocenters. The first kappa shape index (κ1) is 43.7. The maximum absolute atomic E-state index is 13.2. The molecule has 0 aliphatic rings. The third-order valence-electron chi connectivity index (χ3n) is 9.40. The molecule has 0 aliphatic heterocycles. The lowest BCUT2D eigenvalue weighted by molar-refractivity contribution is 0.0722. The van der Waals surface area contributed by atoms with Crippen LogP contribution in [0.4, 0.5) is 0 Å². The van der Waals surface area contributed by atoms with Crippen LogP contribution in [0.25, 0.3) is 0 Å². The highest BCUT2D eigenvalue weighted by Crippen LogP contribution is 2.24. The standard InChI is InChI=1S/C49H52O10/c1-4-6-8-10-12-32-54-39-24-28-43(29-25-39)56-46(50)36-16-20-41(21-17-36)58-48(52)38-15-14-35(3)45(34-38)49(53)59-42-22-18-37(19-23-42)47(51)57-44-30-26-40(27-31-44)55-33-13-11-9-7-5-2/h14-31,34H,4-13,32-33H2,1-3H3. The van der Waals surface area contributed by atoms with Gasteiger partial charge >= 0.3 is 23.9 Å². The van der Waals surface area contributed by atoms with Crippen molar-refractivity contribution in [3.05, 3.63) is 143 Å². The van der Waals surface area contributed by atoms with Gasteiger partial charge in [0.1, 0.15) is 34.5 Å². The minimum absolute atomic E-state index is 0.120. The second-order valence-corrected chi connectivity index (χ2v) is 14.1. The maximum atomic E-state index is 13.2. The fourth-order valence-corrected chi connectivity index (χ4v) is 5.95. The van der Waals surface area contributed by atoms with Gasteiger partial charge in [0.2, 0.25) is 0 Å². The van der Waals surface area contributed by atoms with Crippen LogP contribution in [0.3, 0.4) is 0 Å².